The average molecular weight is 589 g/mol. The van der Waals surface area contributed by atoms with Gasteiger partial charge in [-0.05, 0) is 42.5 Å². The summed E-state index contributed by atoms with van der Waals surface area (Å²) in [6.45, 7) is -1.38. The van der Waals surface area contributed by atoms with Crippen LogP contribution in [0.15, 0.2) is 72.8 Å². The van der Waals surface area contributed by atoms with Crippen LogP contribution in [0.25, 0.3) is 0 Å². The summed E-state index contributed by atoms with van der Waals surface area (Å²) in [5.41, 5.74) is -2.53. The van der Waals surface area contributed by atoms with Gasteiger partial charge in [0.05, 0.1) is 12.1 Å². The summed E-state index contributed by atoms with van der Waals surface area (Å²) < 4.78 is 157. The highest BCUT2D eigenvalue weighted by Crippen LogP contribution is 2.38. The Labute approximate surface area is 219 Å². The Morgan fingerprint density at radius 1 is 0.775 bits per heavy atom. The summed E-state index contributed by atoms with van der Waals surface area (Å²) in [4.78, 5) is 0.595. The number of benzene rings is 3. The van der Waals surface area contributed by atoms with Gasteiger partial charge in [-0.1, -0.05) is 24.3 Å². The number of hydrogen-bond acceptors (Lipinski definition) is 4. The van der Waals surface area contributed by atoms with Crippen molar-refractivity contribution in [1.82, 2.24) is 0 Å². The van der Waals surface area contributed by atoms with E-state index >= 15 is 0 Å². The molecule has 3 aromatic carbocycles. The predicted octanol–water partition coefficient (Wildman–Crippen LogP) is 7.59. The molecule has 0 fully saturated rings. The van der Waals surface area contributed by atoms with E-state index < -0.39 is 72.2 Å². The van der Waals surface area contributed by atoms with Crippen molar-refractivity contribution in [2.75, 3.05) is 11.4 Å². The molecule has 3 aromatic rings. The van der Waals surface area contributed by atoms with Gasteiger partial charge in [0, 0.05) is 17.3 Å². The molecule has 0 aliphatic carbocycles. The van der Waals surface area contributed by atoms with Crippen molar-refractivity contribution >= 4 is 5.69 Å². The third-order valence-electron chi connectivity index (χ3n) is 5.27. The van der Waals surface area contributed by atoms with Crippen molar-refractivity contribution in [1.29, 1.82) is 0 Å². The number of aliphatic hydroxyl groups excluding tert-OH is 1. The molecule has 4 nitrogen and oxygen atoms in total. The van der Waals surface area contributed by atoms with Crippen molar-refractivity contribution in [2.45, 2.75) is 37.2 Å². The molecular weight excluding hydrogens is 571 g/mol. The summed E-state index contributed by atoms with van der Waals surface area (Å²) in [5.74, 6) is -2.86. The normalized spacial score (nSPS) is 14.1. The Hall–Kier alpha value is -3.75. The number of rotatable bonds is 10. The van der Waals surface area contributed by atoms with E-state index in [1.54, 1.807) is 0 Å². The van der Waals surface area contributed by atoms with Crippen LogP contribution < -0.4 is 14.4 Å². The Morgan fingerprint density at radius 2 is 1.40 bits per heavy atom. The molecule has 15 heteroatoms. The molecule has 3 rings (SSSR count). The fraction of sp³-hybridized carbons (Fsp3) is 0.280. The maximum Gasteiger partial charge on any atom is 0.461 e. The third-order valence-corrected chi connectivity index (χ3v) is 5.27. The van der Waals surface area contributed by atoms with Crippen LogP contribution in [0, 0.1) is 5.82 Å². The van der Waals surface area contributed by atoms with Crippen LogP contribution in [-0.4, -0.2) is 36.5 Å². The third kappa shape index (κ3) is 7.67. The van der Waals surface area contributed by atoms with E-state index in [-0.39, 0.29) is 11.8 Å². The van der Waals surface area contributed by atoms with Crippen molar-refractivity contribution in [3.63, 3.8) is 0 Å². The summed E-state index contributed by atoms with van der Waals surface area (Å²) in [6, 6.07) is 10.8. The molecule has 0 heterocycles. The quantitative estimate of drug-likeness (QED) is 0.196. The van der Waals surface area contributed by atoms with E-state index in [0.717, 1.165) is 18.2 Å². The number of ether oxygens (including phenoxy) is 2. The molecule has 0 saturated heterocycles. The molecule has 0 saturated carbocycles. The van der Waals surface area contributed by atoms with Gasteiger partial charge in [0.2, 0.25) is 6.23 Å². The van der Waals surface area contributed by atoms with Crippen LogP contribution >= 0.6 is 0 Å². The number of nitrogens with zero attached hydrogens (tertiary/aromatic N) is 1. The van der Waals surface area contributed by atoms with E-state index in [4.69, 9.17) is 4.74 Å². The molecular formula is C25H18F11NO3. The van der Waals surface area contributed by atoms with Crippen molar-refractivity contribution in [2.24, 2.45) is 0 Å². The van der Waals surface area contributed by atoms with Gasteiger partial charge in [-0.2, -0.15) is 43.9 Å². The summed E-state index contributed by atoms with van der Waals surface area (Å²) in [7, 11) is 0. The minimum Gasteiger partial charge on any atom is -0.466 e. The van der Waals surface area contributed by atoms with Gasteiger partial charge in [-0.3, -0.25) is 0 Å². The summed E-state index contributed by atoms with van der Waals surface area (Å²) in [6.07, 6.45) is -24.7. The topological polar surface area (TPSA) is 41.9 Å². The number of halogens is 11. The molecule has 0 aromatic heterocycles. The van der Waals surface area contributed by atoms with Crippen molar-refractivity contribution < 1.29 is 62.9 Å². The van der Waals surface area contributed by atoms with E-state index in [1.165, 1.54) is 30.3 Å². The number of aliphatic hydroxyl groups is 1. The maximum atomic E-state index is 15.0. The number of para-hydroxylation sites is 1. The Bertz CT molecular complexity index is 1270. The molecule has 0 bridgehead atoms. The van der Waals surface area contributed by atoms with Gasteiger partial charge in [0.25, 0.3) is 0 Å². The van der Waals surface area contributed by atoms with E-state index in [1.807, 2.05) is 0 Å². The highest BCUT2D eigenvalue weighted by atomic mass is 19.4. The monoisotopic (exact) mass is 589 g/mol. The molecule has 40 heavy (non-hydrogen) atoms. The Morgan fingerprint density at radius 3 is 1.98 bits per heavy atom. The zero-order chi connectivity index (χ0) is 29.9. The highest BCUT2D eigenvalue weighted by molar-refractivity contribution is 5.49. The lowest BCUT2D eigenvalue weighted by Crippen LogP contribution is -2.44. The van der Waals surface area contributed by atoms with Gasteiger partial charge >= 0.3 is 24.9 Å². The molecule has 0 aliphatic rings. The van der Waals surface area contributed by atoms with Gasteiger partial charge < -0.3 is 19.5 Å². The first kappa shape index (κ1) is 30.8. The van der Waals surface area contributed by atoms with Crippen LogP contribution in [0.2, 0.25) is 0 Å². The minimum absolute atomic E-state index is 0.177. The molecule has 1 N–H and O–H groups in total. The molecule has 0 radical (unpaired) electrons. The van der Waals surface area contributed by atoms with Gasteiger partial charge in [-0.25, -0.2) is 4.39 Å². The van der Waals surface area contributed by atoms with Crippen molar-refractivity contribution in [3.8, 4) is 11.5 Å². The maximum absolute atomic E-state index is 15.0. The minimum atomic E-state index is -5.22. The Kier molecular flexibility index (Phi) is 9.07. The Balaban J connectivity index is 2.17. The van der Waals surface area contributed by atoms with Crippen LogP contribution in [0.1, 0.15) is 17.4 Å². The first-order valence-electron chi connectivity index (χ1n) is 11.0. The summed E-state index contributed by atoms with van der Waals surface area (Å²) in [5, 5.41) is 9.79. The summed E-state index contributed by atoms with van der Waals surface area (Å²) >= 11 is 0. The largest absolute Gasteiger partial charge is 0.466 e. The lowest BCUT2D eigenvalue weighted by molar-refractivity contribution is -0.253. The highest BCUT2D eigenvalue weighted by Gasteiger charge is 2.44. The van der Waals surface area contributed by atoms with Crippen LogP contribution in [-0.2, 0) is 6.18 Å². The first-order valence-corrected chi connectivity index (χ1v) is 11.0. The fourth-order valence-corrected chi connectivity index (χ4v) is 3.39. The van der Waals surface area contributed by atoms with Crippen LogP contribution in [0.3, 0.4) is 0 Å². The van der Waals surface area contributed by atoms with Gasteiger partial charge in [-0.15, -0.1) is 0 Å². The second kappa shape index (κ2) is 11.8. The second-order valence-corrected chi connectivity index (χ2v) is 8.19. The average Bonchev–Trinajstić information content (AvgIpc) is 2.85. The van der Waals surface area contributed by atoms with E-state index in [2.05, 4.69) is 4.74 Å². The molecule has 0 spiro atoms. The van der Waals surface area contributed by atoms with Gasteiger partial charge in [0.15, 0.2) is 6.10 Å². The number of hydrogen-bond donors (Lipinski definition) is 1. The van der Waals surface area contributed by atoms with Crippen LogP contribution in [0.4, 0.5) is 54.0 Å². The first-order chi connectivity index (χ1) is 18.5. The zero-order valence-electron chi connectivity index (χ0n) is 19.7. The van der Waals surface area contributed by atoms with Crippen molar-refractivity contribution in [3.05, 3.63) is 89.7 Å². The predicted molar refractivity (Wildman–Crippen MR) is 119 cm³/mol. The fourth-order valence-electron chi connectivity index (χ4n) is 3.39. The molecule has 2 unspecified atom stereocenters. The van der Waals surface area contributed by atoms with Crippen LogP contribution in [0.5, 0.6) is 11.5 Å². The SMILES string of the molecule is OC(CN(c1ccccc1)C(Oc1cccc(OC(F)(F)C(F)F)c1)c1cc(C(F)(F)F)ccc1F)C(F)(F)F. The molecule has 0 aliphatic heterocycles. The molecule has 218 valence electrons. The lowest BCUT2D eigenvalue weighted by atomic mass is 10.1. The standard InChI is InChI=1S/C25H18F11NO3/c26-19-10-9-14(23(29,30)31)11-18(19)21(37(13-20(38)24(32,33)34)15-5-2-1-3-6-15)39-16-7-4-8-17(12-16)40-25(35,36)22(27)28/h1-12,20-22,38H,13H2. The van der Waals surface area contributed by atoms with E-state index in [9.17, 15) is 53.4 Å². The molecule has 0 amide bonds. The van der Waals surface area contributed by atoms with Gasteiger partial charge in [0.1, 0.15) is 17.3 Å². The number of alkyl halides is 10. The smallest absolute Gasteiger partial charge is 0.461 e. The zero-order valence-corrected chi connectivity index (χ0v) is 19.7. The van der Waals surface area contributed by atoms with E-state index in [0.29, 0.717) is 23.1 Å². The number of anilines is 1. The molecule has 2 atom stereocenters. The second-order valence-electron chi connectivity index (χ2n) is 8.19. The lowest BCUT2D eigenvalue weighted by Gasteiger charge is -2.36.